The Morgan fingerprint density at radius 2 is 1.76 bits per heavy atom. The van der Waals surface area contributed by atoms with Crippen molar-refractivity contribution < 1.29 is 27.1 Å². The van der Waals surface area contributed by atoms with E-state index in [1.165, 1.54) is 18.4 Å². The maximum atomic E-state index is 12.2. The van der Waals surface area contributed by atoms with E-state index in [1.54, 1.807) is 29.2 Å². The van der Waals surface area contributed by atoms with Gasteiger partial charge in [0.1, 0.15) is 5.75 Å². The predicted molar refractivity (Wildman–Crippen MR) is 83.0 cm³/mol. The van der Waals surface area contributed by atoms with E-state index in [4.69, 9.17) is 4.42 Å². The third kappa shape index (κ3) is 4.76. The van der Waals surface area contributed by atoms with Crippen LogP contribution in [0.15, 0.2) is 47.1 Å². The second-order valence-electron chi connectivity index (χ2n) is 5.74. The first-order chi connectivity index (χ1) is 11.9. The van der Waals surface area contributed by atoms with Crippen LogP contribution in [0.5, 0.6) is 5.75 Å². The summed E-state index contributed by atoms with van der Waals surface area (Å²) in [5, 5.41) is 0. The van der Waals surface area contributed by atoms with Crippen molar-refractivity contribution >= 4 is 5.91 Å². The Labute approximate surface area is 142 Å². The number of rotatable bonds is 4. The number of hydrogen-bond donors (Lipinski definition) is 0. The minimum absolute atomic E-state index is 0.127. The van der Waals surface area contributed by atoms with Crippen LogP contribution in [-0.2, 0) is 6.54 Å². The SMILES string of the molecule is O=C(c1ccco1)N1CCN(Cc2ccc(OC(F)(F)F)cc2)CC1. The number of carbonyl (C=O) groups excluding carboxylic acids is 1. The van der Waals surface area contributed by atoms with Crippen LogP contribution in [0.25, 0.3) is 0 Å². The highest BCUT2D eigenvalue weighted by atomic mass is 19.4. The maximum Gasteiger partial charge on any atom is 0.573 e. The molecule has 1 aliphatic rings. The van der Waals surface area contributed by atoms with Crippen LogP contribution in [0.2, 0.25) is 0 Å². The van der Waals surface area contributed by atoms with Gasteiger partial charge in [0.15, 0.2) is 5.76 Å². The molecule has 0 atom stereocenters. The number of amides is 1. The average molecular weight is 354 g/mol. The van der Waals surface area contributed by atoms with Crippen LogP contribution in [-0.4, -0.2) is 48.2 Å². The van der Waals surface area contributed by atoms with E-state index in [9.17, 15) is 18.0 Å². The molecular weight excluding hydrogens is 337 g/mol. The number of piperazine rings is 1. The Kier molecular flexibility index (Phi) is 4.98. The Morgan fingerprint density at radius 3 is 2.32 bits per heavy atom. The second kappa shape index (κ2) is 7.18. The molecule has 1 aromatic carbocycles. The van der Waals surface area contributed by atoms with E-state index in [-0.39, 0.29) is 11.7 Å². The van der Waals surface area contributed by atoms with Crippen molar-refractivity contribution in [3.05, 3.63) is 54.0 Å². The number of furan rings is 1. The van der Waals surface area contributed by atoms with E-state index < -0.39 is 6.36 Å². The second-order valence-corrected chi connectivity index (χ2v) is 5.74. The van der Waals surface area contributed by atoms with Gasteiger partial charge >= 0.3 is 6.36 Å². The van der Waals surface area contributed by atoms with Crippen molar-refractivity contribution in [3.8, 4) is 5.75 Å². The standard InChI is InChI=1S/C17H17F3N2O3/c18-17(19,20)25-14-5-3-13(4-6-14)12-21-7-9-22(10-8-21)16(23)15-2-1-11-24-15/h1-6,11H,7-10,12H2. The molecule has 0 bridgehead atoms. The predicted octanol–water partition coefficient (Wildman–Crippen LogP) is 3.14. The van der Waals surface area contributed by atoms with E-state index in [0.717, 1.165) is 5.56 Å². The third-order valence-electron chi connectivity index (χ3n) is 3.95. The molecule has 3 rings (SSSR count). The lowest BCUT2D eigenvalue weighted by Crippen LogP contribution is -2.48. The van der Waals surface area contributed by atoms with Gasteiger partial charge in [0.25, 0.3) is 5.91 Å². The molecule has 0 aliphatic carbocycles. The summed E-state index contributed by atoms with van der Waals surface area (Å²) in [4.78, 5) is 16.1. The highest BCUT2D eigenvalue weighted by Crippen LogP contribution is 2.23. The van der Waals surface area contributed by atoms with Crippen molar-refractivity contribution in [2.75, 3.05) is 26.2 Å². The zero-order chi connectivity index (χ0) is 17.9. The fraction of sp³-hybridized carbons (Fsp3) is 0.353. The zero-order valence-corrected chi connectivity index (χ0v) is 13.3. The molecule has 1 saturated heterocycles. The van der Waals surface area contributed by atoms with Gasteiger partial charge in [-0.15, -0.1) is 13.2 Å². The highest BCUT2D eigenvalue weighted by Gasteiger charge is 2.31. The Bertz CT molecular complexity index is 691. The molecule has 1 aromatic heterocycles. The number of benzene rings is 1. The fourth-order valence-corrected chi connectivity index (χ4v) is 2.72. The number of ether oxygens (including phenoxy) is 1. The summed E-state index contributed by atoms with van der Waals surface area (Å²) in [5.74, 6) is -0.0304. The average Bonchev–Trinajstić information content (AvgIpc) is 3.10. The molecule has 1 amide bonds. The first-order valence-corrected chi connectivity index (χ1v) is 7.80. The van der Waals surface area contributed by atoms with Crippen molar-refractivity contribution in [2.24, 2.45) is 0 Å². The van der Waals surface area contributed by atoms with Gasteiger partial charge in [0.2, 0.25) is 0 Å². The zero-order valence-electron chi connectivity index (χ0n) is 13.3. The van der Waals surface area contributed by atoms with Crippen molar-refractivity contribution in [1.82, 2.24) is 9.80 Å². The van der Waals surface area contributed by atoms with Gasteiger partial charge in [-0.1, -0.05) is 12.1 Å². The largest absolute Gasteiger partial charge is 0.573 e. The van der Waals surface area contributed by atoms with Gasteiger partial charge in [-0.05, 0) is 29.8 Å². The van der Waals surface area contributed by atoms with Crippen molar-refractivity contribution in [3.63, 3.8) is 0 Å². The number of carbonyl (C=O) groups is 1. The first-order valence-electron chi connectivity index (χ1n) is 7.80. The molecule has 0 N–H and O–H groups in total. The van der Waals surface area contributed by atoms with Gasteiger partial charge in [-0.2, -0.15) is 0 Å². The molecule has 2 aromatic rings. The molecule has 0 unspecified atom stereocenters. The lowest BCUT2D eigenvalue weighted by atomic mass is 10.2. The normalized spacial score (nSPS) is 16.0. The molecule has 0 saturated carbocycles. The van der Waals surface area contributed by atoms with E-state index in [2.05, 4.69) is 9.64 Å². The van der Waals surface area contributed by atoms with Gasteiger partial charge in [-0.3, -0.25) is 9.69 Å². The minimum Gasteiger partial charge on any atom is -0.459 e. The lowest BCUT2D eigenvalue weighted by Gasteiger charge is -2.34. The van der Waals surface area contributed by atoms with Gasteiger partial charge in [0.05, 0.1) is 6.26 Å². The number of alkyl halides is 3. The van der Waals surface area contributed by atoms with Gasteiger partial charge in [0, 0.05) is 32.7 Å². The van der Waals surface area contributed by atoms with Crippen LogP contribution in [0.4, 0.5) is 13.2 Å². The van der Waals surface area contributed by atoms with Gasteiger partial charge < -0.3 is 14.1 Å². The van der Waals surface area contributed by atoms with E-state index in [1.807, 2.05) is 0 Å². The van der Waals surface area contributed by atoms with Crippen LogP contribution in [0, 0.1) is 0 Å². The van der Waals surface area contributed by atoms with Gasteiger partial charge in [-0.25, -0.2) is 0 Å². The van der Waals surface area contributed by atoms with Crippen molar-refractivity contribution in [1.29, 1.82) is 0 Å². The Hall–Kier alpha value is -2.48. The molecule has 8 heteroatoms. The van der Waals surface area contributed by atoms with Crippen LogP contribution in [0.3, 0.4) is 0 Å². The monoisotopic (exact) mass is 354 g/mol. The highest BCUT2D eigenvalue weighted by molar-refractivity contribution is 5.91. The summed E-state index contributed by atoms with van der Waals surface area (Å²) < 4.78 is 45.4. The van der Waals surface area contributed by atoms with Crippen LogP contribution < -0.4 is 4.74 Å². The summed E-state index contributed by atoms with van der Waals surface area (Å²) in [6, 6.07) is 9.15. The summed E-state index contributed by atoms with van der Waals surface area (Å²) in [7, 11) is 0. The molecular formula is C17H17F3N2O3. The fourth-order valence-electron chi connectivity index (χ4n) is 2.72. The molecule has 0 spiro atoms. The molecule has 0 radical (unpaired) electrons. The Morgan fingerprint density at radius 1 is 1.08 bits per heavy atom. The number of halogens is 3. The quantitative estimate of drug-likeness (QED) is 0.846. The summed E-state index contributed by atoms with van der Waals surface area (Å²) in [6.45, 7) is 3.14. The molecule has 134 valence electrons. The molecule has 25 heavy (non-hydrogen) atoms. The number of nitrogens with zero attached hydrogens (tertiary/aromatic N) is 2. The molecule has 5 nitrogen and oxygen atoms in total. The molecule has 1 fully saturated rings. The number of hydrogen-bond acceptors (Lipinski definition) is 4. The summed E-state index contributed by atoms with van der Waals surface area (Å²) >= 11 is 0. The smallest absolute Gasteiger partial charge is 0.459 e. The lowest BCUT2D eigenvalue weighted by molar-refractivity contribution is -0.274. The summed E-state index contributed by atoms with van der Waals surface area (Å²) in [5.41, 5.74) is 0.889. The topological polar surface area (TPSA) is 45.9 Å². The Balaban J connectivity index is 1.50. The molecule has 1 aliphatic heterocycles. The van der Waals surface area contributed by atoms with Crippen LogP contribution in [0.1, 0.15) is 16.1 Å². The maximum absolute atomic E-state index is 12.2. The molecule has 2 heterocycles. The minimum atomic E-state index is -4.68. The van der Waals surface area contributed by atoms with Crippen LogP contribution >= 0.6 is 0 Å². The first kappa shape index (κ1) is 17.3. The van der Waals surface area contributed by atoms with E-state index in [0.29, 0.717) is 38.5 Å². The van der Waals surface area contributed by atoms with E-state index >= 15 is 0 Å². The summed E-state index contributed by atoms with van der Waals surface area (Å²) in [6.07, 6.45) is -3.21. The van der Waals surface area contributed by atoms with Crippen molar-refractivity contribution in [2.45, 2.75) is 12.9 Å². The third-order valence-corrected chi connectivity index (χ3v) is 3.95.